The minimum atomic E-state index is -0.995. The van der Waals surface area contributed by atoms with Crippen molar-refractivity contribution in [3.05, 3.63) is 60.4 Å². The highest BCUT2D eigenvalue weighted by Gasteiger charge is 2.08. The van der Waals surface area contributed by atoms with Gasteiger partial charge in [0.2, 0.25) is 0 Å². The van der Waals surface area contributed by atoms with E-state index in [0.717, 1.165) is 17.0 Å². The Morgan fingerprint density at radius 2 is 2.05 bits per heavy atom. The second kappa shape index (κ2) is 4.97. The molecule has 0 spiro atoms. The van der Waals surface area contributed by atoms with Crippen molar-refractivity contribution in [2.45, 2.75) is 0 Å². The van der Waals surface area contributed by atoms with E-state index in [0.29, 0.717) is 11.4 Å². The molecule has 20 heavy (non-hydrogen) atoms. The number of carboxylic acids is 1. The van der Waals surface area contributed by atoms with Gasteiger partial charge < -0.3 is 5.11 Å². The minimum Gasteiger partial charge on any atom is -0.478 e. The lowest BCUT2D eigenvalue weighted by Gasteiger charge is -2.05. The van der Waals surface area contributed by atoms with Crippen LogP contribution in [-0.4, -0.2) is 25.8 Å². The van der Waals surface area contributed by atoms with Crippen molar-refractivity contribution >= 4 is 22.9 Å². The van der Waals surface area contributed by atoms with Gasteiger partial charge in [-0.2, -0.15) is 5.10 Å². The van der Waals surface area contributed by atoms with Gasteiger partial charge in [-0.05, 0) is 24.3 Å². The highest BCUT2D eigenvalue weighted by molar-refractivity contribution is 5.86. The summed E-state index contributed by atoms with van der Waals surface area (Å²) in [6, 6.07) is 11.3. The Kier molecular flexibility index (Phi) is 3.01. The SMILES string of the molecule is O=C(O)/C=C/c1cccnc1-n1ncc2ccccc21. The monoisotopic (exact) mass is 265 g/mol. The van der Waals surface area contributed by atoms with Gasteiger partial charge in [0.1, 0.15) is 0 Å². The fraction of sp³-hybridized carbons (Fsp3) is 0. The molecule has 0 aliphatic carbocycles. The predicted octanol–water partition coefficient (Wildman–Crippen LogP) is 2.52. The molecule has 0 saturated heterocycles. The summed E-state index contributed by atoms with van der Waals surface area (Å²) in [7, 11) is 0. The maximum absolute atomic E-state index is 10.7. The number of aromatic nitrogens is 3. The van der Waals surface area contributed by atoms with Crippen LogP contribution in [0.3, 0.4) is 0 Å². The molecular weight excluding hydrogens is 254 g/mol. The van der Waals surface area contributed by atoms with Crippen LogP contribution in [0.4, 0.5) is 0 Å². The second-order valence-electron chi connectivity index (χ2n) is 4.20. The van der Waals surface area contributed by atoms with Crippen molar-refractivity contribution in [1.29, 1.82) is 0 Å². The van der Waals surface area contributed by atoms with Crippen LogP contribution in [0.1, 0.15) is 5.56 Å². The van der Waals surface area contributed by atoms with E-state index >= 15 is 0 Å². The maximum atomic E-state index is 10.7. The van der Waals surface area contributed by atoms with Gasteiger partial charge in [0.25, 0.3) is 0 Å². The smallest absolute Gasteiger partial charge is 0.328 e. The highest BCUT2D eigenvalue weighted by atomic mass is 16.4. The second-order valence-corrected chi connectivity index (χ2v) is 4.20. The van der Waals surface area contributed by atoms with Crippen LogP contribution in [0, 0.1) is 0 Å². The minimum absolute atomic E-state index is 0.603. The van der Waals surface area contributed by atoms with Gasteiger partial charge in [-0.15, -0.1) is 0 Å². The van der Waals surface area contributed by atoms with E-state index < -0.39 is 5.97 Å². The number of aliphatic carboxylic acids is 1. The third-order valence-electron chi connectivity index (χ3n) is 2.90. The third kappa shape index (κ3) is 2.16. The Balaban J connectivity index is 2.17. The standard InChI is InChI=1S/C15H11N3O2/c19-14(20)8-7-11-5-3-9-16-15(11)18-13-6-2-1-4-12(13)10-17-18/h1-10H,(H,19,20)/b8-7+. The highest BCUT2D eigenvalue weighted by Crippen LogP contribution is 2.19. The summed E-state index contributed by atoms with van der Waals surface area (Å²) in [6.07, 6.45) is 6.02. The third-order valence-corrected chi connectivity index (χ3v) is 2.90. The number of nitrogens with zero attached hydrogens (tertiary/aromatic N) is 3. The molecule has 0 unspecified atom stereocenters. The van der Waals surface area contributed by atoms with Crippen molar-refractivity contribution in [1.82, 2.24) is 14.8 Å². The van der Waals surface area contributed by atoms with Gasteiger partial charge in [0.05, 0.1) is 11.7 Å². The van der Waals surface area contributed by atoms with Crippen LogP contribution in [-0.2, 0) is 4.79 Å². The van der Waals surface area contributed by atoms with E-state index in [2.05, 4.69) is 10.1 Å². The van der Waals surface area contributed by atoms with E-state index in [-0.39, 0.29) is 0 Å². The number of benzene rings is 1. The zero-order valence-corrected chi connectivity index (χ0v) is 10.5. The van der Waals surface area contributed by atoms with Gasteiger partial charge >= 0.3 is 5.97 Å². The Morgan fingerprint density at radius 1 is 1.20 bits per heavy atom. The summed E-state index contributed by atoms with van der Waals surface area (Å²) < 4.78 is 1.71. The molecule has 2 aromatic heterocycles. The zero-order chi connectivity index (χ0) is 13.9. The Morgan fingerprint density at radius 3 is 2.90 bits per heavy atom. The lowest BCUT2D eigenvalue weighted by molar-refractivity contribution is -0.131. The topological polar surface area (TPSA) is 68.0 Å². The van der Waals surface area contributed by atoms with Crippen LogP contribution in [0.15, 0.2) is 54.9 Å². The van der Waals surface area contributed by atoms with Crippen molar-refractivity contribution < 1.29 is 9.90 Å². The lowest BCUT2D eigenvalue weighted by Crippen LogP contribution is -2.01. The molecule has 1 N–H and O–H groups in total. The summed E-state index contributed by atoms with van der Waals surface area (Å²) in [6.45, 7) is 0. The molecule has 3 aromatic rings. The molecular formula is C15H11N3O2. The number of hydrogen-bond donors (Lipinski definition) is 1. The number of rotatable bonds is 3. The van der Waals surface area contributed by atoms with Crippen LogP contribution < -0.4 is 0 Å². The average Bonchev–Trinajstić information content (AvgIpc) is 2.89. The molecule has 98 valence electrons. The summed E-state index contributed by atoms with van der Waals surface area (Å²) in [4.78, 5) is 15.0. The van der Waals surface area contributed by atoms with Crippen LogP contribution >= 0.6 is 0 Å². The van der Waals surface area contributed by atoms with Crippen molar-refractivity contribution in [2.75, 3.05) is 0 Å². The first-order valence-electron chi connectivity index (χ1n) is 6.05. The molecule has 0 amide bonds. The number of para-hydroxylation sites is 1. The van der Waals surface area contributed by atoms with E-state index in [1.807, 2.05) is 24.3 Å². The summed E-state index contributed by atoms with van der Waals surface area (Å²) in [5.41, 5.74) is 1.62. The number of hydrogen-bond acceptors (Lipinski definition) is 3. The first-order chi connectivity index (χ1) is 9.75. The summed E-state index contributed by atoms with van der Waals surface area (Å²) >= 11 is 0. The normalized spacial score (nSPS) is 11.2. The average molecular weight is 265 g/mol. The van der Waals surface area contributed by atoms with Crippen LogP contribution in [0.2, 0.25) is 0 Å². The van der Waals surface area contributed by atoms with E-state index in [4.69, 9.17) is 5.11 Å². The Bertz CT molecular complexity index is 805. The molecule has 1 aromatic carbocycles. The molecule has 0 radical (unpaired) electrons. The van der Waals surface area contributed by atoms with Gasteiger partial charge in [-0.3, -0.25) is 0 Å². The number of carbonyl (C=O) groups is 1. The molecule has 0 saturated carbocycles. The Hall–Kier alpha value is -2.95. The zero-order valence-electron chi connectivity index (χ0n) is 10.5. The molecule has 0 fully saturated rings. The van der Waals surface area contributed by atoms with Crippen molar-refractivity contribution in [3.8, 4) is 5.82 Å². The van der Waals surface area contributed by atoms with Gasteiger partial charge in [0.15, 0.2) is 5.82 Å². The Labute approximate surface area is 114 Å². The summed E-state index contributed by atoms with van der Waals surface area (Å²) in [5, 5.41) is 14.1. The van der Waals surface area contributed by atoms with E-state index in [9.17, 15) is 4.79 Å². The number of carboxylic acid groups (broad SMARTS) is 1. The van der Waals surface area contributed by atoms with Gasteiger partial charge in [0, 0.05) is 23.2 Å². The first kappa shape index (κ1) is 12.1. The molecule has 2 heterocycles. The molecule has 0 atom stereocenters. The molecule has 0 aliphatic heterocycles. The van der Waals surface area contributed by atoms with Gasteiger partial charge in [-0.25, -0.2) is 14.5 Å². The van der Waals surface area contributed by atoms with Crippen LogP contribution in [0.25, 0.3) is 22.8 Å². The molecule has 0 bridgehead atoms. The molecule has 5 nitrogen and oxygen atoms in total. The van der Waals surface area contributed by atoms with Gasteiger partial charge in [-0.1, -0.05) is 18.2 Å². The lowest BCUT2D eigenvalue weighted by atomic mass is 10.2. The van der Waals surface area contributed by atoms with Crippen molar-refractivity contribution in [3.63, 3.8) is 0 Å². The quantitative estimate of drug-likeness (QED) is 0.739. The number of pyridine rings is 1. The van der Waals surface area contributed by atoms with E-state index in [1.165, 1.54) is 6.08 Å². The van der Waals surface area contributed by atoms with E-state index in [1.54, 1.807) is 29.2 Å². The molecule has 3 rings (SSSR count). The predicted molar refractivity (Wildman–Crippen MR) is 75.5 cm³/mol. The number of fused-ring (bicyclic) bond motifs is 1. The van der Waals surface area contributed by atoms with Crippen molar-refractivity contribution in [2.24, 2.45) is 0 Å². The first-order valence-corrected chi connectivity index (χ1v) is 6.05. The van der Waals surface area contributed by atoms with Crippen LogP contribution in [0.5, 0.6) is 0 Å². The fourth-order valence-electron chi connectivity index (χ4n) is 2.02. The largest absolute Gasteiger partial charge is 0.478 e. The summed E-state index contributed by atoms with van der Waals surface area (Å²) in [5.74, 6) is -0.392. The molecule has 5 heteroatoms. The molecule has 0 aliphatic rings. The fourth-order valence-corrected chi connectivity index (χ4v) is 2.02. The maximum Gasteiger partial charge on any atom is 0.328 e.